The van der Waals surface area contributed by atoms with E-state index in [0.717, 1.165) is 44.6 Å². The van der Waals surface area contributed by atoms with Crippen LogP contribution in [0.15, 0.2) is 18.2 Å². The number of likely N-dealkylation sites (tertiary alicyclic amines) is 2. The first-order chi connectivity index (χ1) is 12.0. The van der Waals surface area contributed by atoms with Crippen LogP contribution in [0.5, 0.6) is 5.75 Å². The molecule has 2 saturated heterocycles. The molecule has 6 nitrogen and oxygen atoms in total. The van der Waals surface area contributed by atoms with E-state index in [4.69, 9.17) is 5.26 Å². The fraction of sp³-hybridized carbons (Fsp3) is 0.579. The fourth-order valence-electron chi connectivity index (χ4n) is 4.55. The van der Waals surface area contributed by atoms with Gasteiger partial charge in [0.05, 0.1) is 17.2 Å². The van der Waals surface area contributed by atoms with Crippen LogP contribution >= 0.6 is 0 Å². The number of aromatic hydroxyl groups is 1. The lowest BCUT2D eigenvalue weighted by Gasteiger charge is -2.54. The molecule has 6 heteroatoms. The van der Waals surface area contributed by atoms with E-state index < -0.39 is 0 Å². The van der Waals surface area contributed by atoms with E-state index >= 15 is 0 Å². The third-order valence-electron chi connectivity index (χ3n) is 5.95. The minimum atomic E-state index is -0.297. The largest absolute Gasteiger partial charge is 0.507 e. The van der Waals surface area contributed by atoms with Crippen LogP contribution in [-0.2, 0) is 11.3 Å². The van der Waals surface area contributed by atoms with Crippen LogP contribution in [0.2, 0.25) is 0 Å². The van der Waals surface area contributed by atoms with Crippen molar-refractivity contribution in [2.75, 3.05) is 19.6 Å². The Morgan fingerprint density at radius 2 is 2.12 bits per heavy atom. The summed E-state index contributed by atoms with van der Waals surface area (Å²) in [7, 11) is 0. The van der Waals surface area contributed by atoms with Crippen molar-refractivity contribution in [3.63, 3.8) is 0 Å². The van der Waals surface area contributed by atoms with Gasteiger partial charge in [-0.15, -0.1) is 0 Å². The van der Waals surface area contributed by atoms with Gasteiger partial charge >= 0.3 is 0 Å². The number of carbonyl (C=O) groups is 1. The molecule has 0 unspecified atom stereocenters. The summed E-state index contributed by atoms with van der Waals surface area (Å²) in [5.74, 6) is 0.245. The summed E-state index contributed by atoms with van der Waals surface area (Å²) < 4.78 is 0. The highest BCUT2D eigenvalue weighted by Gasteiger charge is 2.53. The number of nitrogens with zero attached hydrogens (tertiary/aromatic N) is 3. The number of carbonyl (C=O) groups excluding carboxylic acids is 1. The number of phenolic OH excluding ortho intramolecular Hbond substituents is 1. The van der Waals surface area contributed by atoms with Crippen LogP contribution in [0.3, 0.4) is 0 Å². The van der Waals surface area contributed by atoms with Gasteiger partial charge < -0.3 is 15.1 Å². The summed E-state index contributed by atoms with van der Waals surface area (Å²) in [6.07, 6.45) is 3.02. The van der Waals surface area contributed by atoms with Gasteiger partial charge in [-0.3, -0.25) is 9.69 Å². The number of amides is 1. The van der Waals surface area contributed by atoms with Gasteiger partial charge in [0, 0.05) is 32.1 Å². The molecule has 1 amide bonds. The zero-order valence-electron chi connectivity index (χ0n) is 14.2. The maximum atomic E-state index is 12.7. The summed E-state index contributed by atoms with van der Waals surface area (Å²) in [6, 6.07) is 7.14. The van der Waals surface area contributed by atoms with E-state index in [-0.39, 0.29) is 29.2 Å². The van der Waals surface area contributed by atoms with Crippen LogP contribution in [0, 0.1) is 17.2 Å². The van der Waals surface area contributed by atoms with E-state index in [1.165, 1.54) is 0 Å². The lowest BCUT2D eigenvalue weighted by Crippen LogP contribution is -2.69. The van der Waals surface area contributed by atoms with Gasteiger partial charge in [0.1, 0.15) is 11.8 Å². The lowest BCUT2D eigenvalue weighted by atomic mass is 9.79. The number of nitriles is 1. The van der Waals surface area contributed by atoms with Gasteiger partial charge in [-0.05, 0) is 43.4 Å². The predicted molar refractivity (Wildman–Crippen MR) is 90.5 cm³/mol. The zero-order valence-corrected chi connectivity index (χ0v) is 14.2. The molecule has 2 N–H and O–H groups in total. The monoisotopic (exact) mass is 341 g/mol. The molecule has 2 aliphatic heterocycles. The molecule has 132 valence electrons. The molecular weight excluding hydrogens is 318 g/mol. The first-order valence-electron chi connectivity index (χ1n) is 8.95. The molecule has 1 aliphatic carbocycles. The van der Waals surface area contributed by atoms with Gasteiger partial charge in [0.15, 0.2) is 0 Å². The first kappa shape index (κ1) is 16.4. The highest BCUT2D eigenvalue weighted by Crippen LogP contribution is 2.41. The molecule has 1 aromatic carbocycles. The Bertz CT molecular complexity index is 730. The number of phenols is 1. The van der Waals surface area contributed by atoms with Gasteiger partial charge in [0.2, 0.25) is 5.91 Å². The Labute approximate surface area is 147 Å². The Hall–Kier alpha value is -2.10. The zero-order chi connectivity index (χ0) is 17.6. The number of hydrogen-bond acceptors (Lipinski definition) is 5. The normalized spacial score (nSPS) is 27.6. The average molecular weight is 341 g/mol. The van der Waals surface area contributed by atoms with E-state index in [2.05, 4.69) is 9.80 Å². The summed E-state index contributed by atoms with van der Waals surface area (Å²) in [5.41, 5.74) is 1.27. The van der Waals surface area contributed by atoms with E-state index in [9.17, 15) is 15.0 Å². The summed E-state index contributed by atoms with van der Waals surface area (Å²) in [4.78, 5) is 17.1. The van der Waals surface area contributed by atoms with Crippen LogP contribution < -0.4 is 0 Å². The van der Waals surface area contributed by atoms with Crippen molar-refractivity contribution in [2.24, 2.45) is 5.92 Å². The SMILES string of the molecule is N#Cc1cc(CN2CC3(CCCN3C(=O)C3CC(O)C3)C2)ccc1O. The quantitative estimate of drug-likeness (QED) is 0.863. The molecule has 0 aromatic heterocycles. The number of benzene rings is 1. The third kappa shape index (κ3) is 2.78. The molecule has 4 rings (SSSR count). The van der Waals surface area contributed by atoms with Gasteiger partial charge in [-0.25, -0.2) is 0 Å². The molecule has 1 aromatic rings. The van der Waals surface area contributed by atoms with Crippen LogP contribution in [-0.4, -0.2) is 57.2 Å². The summed E-state index contributed by atoms with van der Waals surface area (Å²) in [5, 5.41) is 28.1. The van der Waals surface area contributed by atoms with Gasteiger partial charge in [-0.2, -0.15) is 5.26 Å². The molecule has 1 spiro atoms. The molecule has 0 radical (unpaired) electrons. The van der Waals surface area contributed by atoms with Gasteiger partial charge in [-0.1, -0.05) is 6.07 Å². The first-order valence-corrected chi connectivity index (χ1v) is 8.95. The number of aliphatic hydroxyl groups is 1. The Balaban J connectivity index is 1.38. The topological polar surface area (TPSA) is 87.8 Å². The standard InChI is InChI=1S/C19H23N3O3/c20-9-15-6-13(2-3-17(15)24)10-21-11-19(12-21)4-1-5-22(19)18(25)14-7-16(23)8-14/h2-3,6,14,16,23-24H,1,4-5,7-8,10-12H2. The van der Waals surface area contributed by atoms with Crippen molar-refractivity contribution in [1.29, 1.82) is 5.26 Å². The van der Waals surface area contributed by atoms with Crippen molar-refractivity contribution in [1.82, 2.24) is 9.80 Å². The van der Waals surface area contributed by atoms with Crippen LogP contribution in [0.4, 0.5) is 0 Å². The Morgan fingerprint density at radius 3 is 2.80 bits per heavy atom. The molecule has 3 fully saturated rings. The minimum Gasteiger partial charge on any atom is -0.507 e. The van der Waals surface area contributed by atoms with E-state index in [1.807, 2.05) is 12.1 Å². The van der Waals surface area contributed by atoms with Crippen molar-refractivity contribution in [2.45, 2.75) is 43.9 Å². The number of aliphatic hydroxyl groups excluding tert-OH is 1. The molecule has 2 heterocycles. The van der Waals surface area contributed by atoms with E-state index in [0.29, 0.717) is 18.4 Å². The maximum absolute atomic E-state index is 12.7. The molecule has 3 aliphatic rings. The molecule has 1 saturated carbocycles. The predicted octanol–water partition coefficient (Wildman–Crippen LogP) is 1.21. The Morgan fingerprint density at radius 1 is 1.36 bits per heavy atom. The maximum Gasteiger partial charge on any atom is 0.226 e. The molecule has 25 heavy (non-hydrogen) atoms. The van der Waals surface area contributed by atoms with Gasteiger partial charge in [0.25, 0.3) is 0 Å². The number of hydrogen-bond donors (Lipinski definition) is 2. The Kier molecular flexibility index (Phi) is 3.94. The second-order valence-electron chi connectivity index (χ2n) is 7.75. The summed E-state index contributed by atoms with van der Waals surface area (Å²) >= 11 is 0. The van der Waals surface area contributed by atoms with E-state index in [1.54, 1.807) is 12.1 Å². The van der Waals surface area contributed by atoms with Crippen molar-refractivity contribution >= 4 is 5.91 Å². The molecule has 0 atom stereocenters. The number of rotatable bonds is 3. The molecular formula is C19H23N3O3. The van der Waals surface area contributed by atoms with Crippen LogP contribution in [0.25, 0.3) is 0 Å². The van der Waals surface area contributed by atoms with Crippen molar-refractivity contribution in [3.8, 4) is 11.8 Å². The smallest absolute Gasteiger partial charge is 0.226 e. The highest BCUT2D eigenvalue weighted by atomic mass is 16.3. The second kappa shape index (κ2) is 6.01. The third-order valence-corrected chi connectivity index (χ3v) is 5.95. The van der Waals surface area contributed by atoms with Crippen molar-refractivity contribution < 1.29 is 15.0 Å². The summed E-state index contributed by atoms with van der Waals surface area (Å²) in [6.45, 7) is 3.27. The highest BCUT2D eigenvalue weighted by molar-refractivity contribution is 5.81. The lowest BCUT2D eigenvalue weighted by molar-refractivity contribution is -0.153. The molecule has 0 bridgehead atoms. The second-order valence-corrected chi connectivity index (χ2v) is 7.75. The van der Waals surface area contributed by atoms with Crippen LogP contribution in [0.1, 0.15) is 36.8 Å². The fourth-order valence-corrected chi connectivity index (χ4v) is 4.55. The minimum absolute atomic E-state index is 0.00862. The van der Waals surface area contributed by atoms with Crippen molar-refractivity contribution in [3.05, 3.63) is 29.3 Å². The average Bonchev–Trinajstić information content (AvgIpc) is 2.97.